The van der Waals surface area contributed by atoms with Gasteiger partial charge in [0.25, 0.3) is 11.8 Å². The minimum atomic E-state index is -0.797. The molecule has 30 heavy (non-hydrogen) atoms. The number of imide groups is 2. The van der Waals surface area contributed by atoms with Gasteiger partial charge in [0.1, 0.15) is 22.9 Å². The van der Waals surface area contributed by atoms with Crippen LogP contribution < -0.4 is 10.2 Å². The summed E-state index contributed by atoms with van der Waals surface area (Å²) >= 11 is 0. The van der Waals surface area contributed by atoms with E-state index in [0.717, 1.165) is 10.5 Å². The summed E-state index contributed by atoms with van der Waals surface area (Å²) in [5.74, 6) is -1.19. The maximum absolute atomic E-state index is 13.1. The molecule has 1 aliphatic heterocycles. The van der Waals surface area contributed by atoms with Crippen LogP contribution in [-0.2, 0) is 16.0 Å². The van der Waals surface area contributed by atoms with Crippen molar-refractivity contribution in [2.24, 2.45) is 0 Å². The van der Waals surface area contributed by atoms with Crippen LogP contribution in [-0.4, -0.2) is 17.8 Å². The number of para-hydroxylation sites is 1. The number of furan rings is 1. The number of urea groups is 1. The Morgan fingerprint density at radius 1 is 1.00 bits per heavy atom. The maximum Gasteiger partial charge on any atom is 0.335 e. The van der Waals surface area contributed by atoms with Crippen molar-refractivity contribution in [3.8, 4) is 11.3 Å². The summed E-state index contributed by atoms with van der Waals surface area (Å²) in [4.78, 5) is 38.7. The summed E-state index contributed by atoms with van der Waals surface area (Å²) in [6, 6.07) is 15.2. The molecule has 150 valence electrons. The van der Waals surface area contributed by atoms with Crippen LogP contribution in [0, 0.1) is 5.82 Å². The Morgan fingerprint density at radius 3 is 2.47 bits per heavy atom. The number of nitrogens with one attached hydrogen (secondary N) is 1. The van der Waals surface area contributed by atoms with Crippen LogP contribution in [0.1, 0.15) is 18.2 Å². The number of barbiturate groups is 1. The van der Waals surface area contributed by atoms with Crippen LogP contribution in [0.3, 0.4) is 0 Å². The molecule has 0 atom stereocenters. The molecular formula is C23H17FN2O4. The van der Waals surface area contributed by atoms with Crippen molar-refractivity contribution in [3.05, 3.63) is 83.4 Å². The van der Waals surface area contributed by atoms with Crippen molar-refractivity contribution in [3.63, 3.8) is 0 Å². The molecule has 0 spiro atoms. The summed E-state index contributed by atoms with van der Waals surface area (Å²) in [6.07, 6.45) is 1.90. The van der Waals surface area contributed by atoms with E-state index in [0.29, 0.717) is 23.4 Å². The third-order valence-electron chi connectivity index (χ3n) is 4.76. The molecule has 1 aromatic heterocycles. The highest BCUT2D eigenvalue weighted by Crippen LogP contribution is 2.27. The molecule has 1 saturated heterocycles. The summed E-state index contributed by atoms with van der Waals surface area (Å²) in [5.41, 5.74) is 1.65. The number of benzene rings is 2. The fraction of sp³-hybridized carbons (Fsp3) is 0.0870. The van der Waals surface area contributed by atoms with E-state index in [1.807, 2.05) is 19.1 Å². The van der Waals surface area contributed by atoms with E-state index >= 15 is 0 Å². The molecule has 4 rings (SSSR count). The monoisotopic (exact) mass is 404 g/mol. The second-order valence-electron chi connectivity index (χ2n) is 6.65. The highest BCUT2D eigenvalue weighted by molar-refractivity contribution is 6.39. The number of amides is 4. The Hall–Kier alpha value is -4.00. The van der Waals surface area contributed by atoms with Gasteiger partial charge in [-0.1, -0.05) is 25.1 Å². The lowest BCUT2D eigenvalue weighted by molar-refractivity contribution is -0.122. The molecule has 1 fully saturated rings. The number of rotatable bonds is 4. The number of halogens is 1. The van der Waals surface area contributed by atoms with Crippen molar-refractivity contribution in [1.29, 1.82) is 0 Å². The van der Waals surface area contributed by atoms with Gasteiger partial charge in [-0.3, -0.25) is 14.9 Å². The first-order valence-corrected chi connectivity index (χ1v) is 9.33. The topological polar surface area (TPSA) is 79.6 Å². The Balaban J connectivity index is 1.69. The first-order chi connectivity index (χ1) is 14.5. The Morgan fingerprint density at radius 2 is 1.73 bits per heavy atom. The van der Waals surface area contributed by atoms with E-state index in [1.54, 1.807) is 36.4 Å². The van der Waals surface area contributed by atoms with Gasteiger partial charge in [0, 0.05) is 5.56 Å². The molecule has 1 aliphatic rings. The van der Waals surface area contributed by atoms with E-state index in [2.05, 4.69) is 5.32 Å². The zero-order valence-corrected chi connectivity index (χ0v) is 16.0. The van der Waals surface area contributed by atoms with Gasteiger partial charge in [-0.15, -0.1) is 0 Å². The molecule has 0 bridgehead atoms. The van der Waals surface area contributed by atoms with E-state index in [9.17, 15) is 18.8 Å². The molecule has 0 aliphatic carbocycles. The first kappa shape index (κ1) is 19.3. The predicted octanol–water partition coefficient (Wildman–Crippen LogP) is 4.31. The molecule has 3 aromatic rings. The van der Waals surface area contributed by atoms with Crippen molar-refractivity contribution in [2.75, 3.05) is 4.90 Å². The number of carbonyl (C=O) groups excluding carboxylic acids is 3. The minimum Gasteiger partial charge on any atom is -0.457 e. The van der Waals surface area contributed by atoms with Gasteiger partial charge in [-0.2, -0.15) is 0 Å². The van der Waals surface area contributed by atoms with Gasteiger partial charge in [0.2, 0.25) is 0 Å². The van der Waals surface area contributed by atoms with Crippen LogP contribution in [0.2, 0.25) is 0 Å². The number of hydrogen-bond donors (Lipinski definition) is 1. The molecule has 0 radical (unpaired) electrons. The summed E-state index contributed by atoms with van der Waals surface area (Å²) in [5, 5.41) is 2.20. The van der Waals surface area contributed by atoms with Gasteiger partial charge in [-0.05, 0) is 60.5 Å². The zero-order valence-electron chi connectivity index (χ0n) is 16.0. The van der Waals surface area contributed by atoms with Crippen LogP contribution in [0.25, 0.3) is 17.4 Å². The predicted molar refractivity (Wildman–Crippen MR) is 109 cm³/mol. The lowest BCUT2D eigenvalue weighted by atomic mass is 10.1. The van der Waals surface area contributed by atoms with Crippen LogP contribution >= 0.6 is 0 Å². The second-order valence-corrected chi connectivity index (χ2v) is 6.65. The zero-order chi connectivity index (χ0) is 21.3. The lowest BCUT2D eigenvalue weighted by Gasteiger charge is -2.27. The van der Waals surface area contributed by atoms with E-state index in [4.69, 9.17) is 4.42 Å². The average Bonchev–Trinajstić information content (AvgIpc) is 3.20. The molecule has 2 aromatic carbocycles. The van der Waals surface area contributed by atoms with E-state index in [1.165, 1.54) is 18.2 Å². The molecule has 4 amide bonds. The van der Waals surface area contributed by atoms with Crippen molar-refractivity contribution in [2.45, 2.75) is 13.3 Å². The quantitative estimate of drug-likeness (QED) is 0.519. The highest BCUT2D eigenvalue weighted by Gasteiger charge is 2.37. The second kappa shape index (κ2) is 7.79. The van der Waals surface area contributed by atoms with Crippen LogP contribution in [0.15, 0.2) is 70.7 Å². The summed E-state index contributed by atoms with van der Waals surface area (Å²) in [7, 11) is 0. The fourth-order valence-corrected chi connectivity index (χ4v) is 3.25. The van der Waals surface area contributed by atoms with E-state index < -0.39 is 17.8 Å². The highest BCUT2D eigenvalue weighted by atomic mass is 19.1. The molecule has 6 nitrogen and oxygen atoms in total. The largest absolute Gasteiger partial charge is 0.457 e. The van der Waals surface area contributed by atoms with Crippen LogP contribution in [0.5, 0.6) is 0 Å². The van der Waals surface area contributed by atoms with Crippen LogP contribution in [0.4, 0.5) is 14.9 Å². The average molecular weight is 404 g/mol. The molecule has 1 N–H and O–H groups in total. The summed E-state index contributed by atoms with van der Waals surface area (Å²) in [6.45, 7) is 1.91. The van der Waals surface area contributed by atoms with Gasteiger partial charge >= 0.3 is 6.03 Å². The maximum atomic E-state index is 13.1. The van der Waals surface area contributed by atoms with E-state index in [-0.39, 0.29) is 17.2 Å². The smallest absolute Gasteiger partial charge is 0.335 e. The lowest BCUT2D eigenvalue weighted by Crippen LogP contribution is -2.54. The third-order valence-corrected chi connectivity index (χ3v) is 4.76. The summed E-state index contributed by atoms with van der Waals surface area (Å²) < 4.78 is 18.8. The van der Waals surface area contributed by atoms with Crippen molar-refractivity contribution >= 4 is 29.6 Å². The number of hydrogen-bond acceptors (Lipinski definition) is 4. The molecule has 2 heterocycles. The van der Waals surface area contributed by atoms with Crippen molar-refractivity contribution < 1.29 is 23.2 Å². The number of nitrogens with zero attached hydrogens (tertiary/aromatic N) is 1. The van der Waals surface area contributed by atoms with Gasteiger partial charge in [-0.25, -0.2) is 14.1 Å². The Bertz CT molecular complexity index is 1180. The molecule has 0 unspecified atom stereocenters. The third kappa shape index (κ3) is 3.53. The molecule has 0 saturated carbocycles. The standard InChI is InChI=1S/C23H17FN2O4/c1-2-14-5-3-4-6-19(14)26-22(28)18(21(27)25-23(26)29)13-17-11-12-20(30-17)15-7-9-16(24)10-8-15/h3-13H,2H2,1H3,(H,25,27,29)/b18-13+. The Kier molecular flexibility index (Phi) is 5.02. The number of anilines is 1. The van der Waals surface area contributed by atoms with Gasteiger partial charge in [0.15, 0.2) is 0 Å². The fourth-order valence-electron chi connectivity index (χ4n) is 3.25. The number of aryl methyl sites for hydroxylation is 1. The van der Waals surface area contributed by atoms with Crippen molar-refractivity contribution in [1.82, 2.24) is 5.32 Å². The Labute approximate surface area is 171 Å². The number of carbonyl (C=O) groups is 3. The SMILES string of the molecule is CCc1ccccc1N1C(=O)NC(=O)/C(=C\c2ccc(-c3ccc(F)cc3)o2)C1=O. The van der Waals surface area contributed by atoms with Gasteiger partial charge in [0.05, 0.1) is 5.69 Å². The first-order valence-electron chi connectivity index (χ1n) is 9.33. The minimum absolute atomic E-state index is 0.222. The van der Waals surface area contributed by atoms with Gasteiger partial charge < -0.3 is 4.42 Å². The normalized spacial score (nSPS) is 15.6. The molecule has 7 heteroatoms. The molecular weight excluding hydrogens is 387 g/mol.